The molecule has 2 aromatic rings. The summed E-state index contributed by atoms with van der Waals surface area (Å²) in [6.07, 6.45) is 1.14. The minimum Gasteiger partial charge on any atom is -0.491 e. The number of rotatable bonds is 4. The number of benzene rings is 2. The summed E-state index contributed by atoms with van der Waals surface area (Å²) in [5.41, 5.74) is 3.70. The van der Waals surface area contributed by atoms with Crippen LogP contribution in [-0.4, -0.2) is 13.2 Å². The Kier molecular flexibility index (Phi) is 3.51. The molecule has 0 amide bonds. The molecule has 1 aliphatic heterocycles. The summed E-state index contributed by atoms with van der Waals surface area (Å²) >= 11 is 0. The average Bonchev–Trinajstić information content (AvgIpc) is 2.89. The van der Waals surface area contributed by atoms with Crippen LogP contribution in [0, 0.1) is 0 Å². The van der Waals surface area contributed by atoms with E-state index in [9.17, 15) is 0 Å². The standard InChI is InChI=1S/C17H19NO/c1-2-11-18-16-12-19-17-14(9-6-10-15(16)17)13-7-4-3-5-8-13/h3-10,16,18H,2,11-12H2,1H3. The molecule has 1 aliphatic rings. The SMILES string of the molecule is CCCNC1COc2c(-c3ccccc3)cccc21. The third kappa shape index (κ3) is 2.36. The van der Waals surface area contributed by atoms with Gasteiger partial charge in [-0.25, -0.2) is 0 Å². The lowest BCUT2D eigenvalue weighted by molar-refractivity contribution is 0.312. The van der Waals surface area contributed by atoms with Crippen molar-refractivity contribution in [3.8, 4) is 16.9 Å². The van der Waals surface area contributed by atoms with Gasteiger partial charge in [0.25, 0.3) is 0 Å². The van der Waals surface area contributed by atoms with Crippen molar-refractivity contribution < 1.29 is 4.74 Å². The molecule has 0 radical (unpaired) electrons. The van der Waals surface area contributed by atoms with Gasteiger partial charge in [0.15, 0.2) is 0 Å². The smallest absolute Gasteiger partial charge is 0.132 e. The van der Waals surface area contributed by atoms with E-state index in [1.807, 2.05) is 6.07 Å². The maximum absolute atomic E-state index is 5.93. The van der Waals surface area contributed by atoms with Crippen LogP contribution in [-0.2, 0) is 0 Å². The molecule has 1 unspecified atom stereocenters. The number of hydrogen-bond donors (Lipinski definition) is 1. The second kappa shape index (κ2) is 5.45. The van der Waals surface area contributed by atoms with Gasteiger partial charge in [0.05, 0.1) is 6.04 Å². The van der Waals surface area contributed by atoms with E-state index in [4.69, 9.17) is 4.74 Å². The van der Waals surface area contributed by atoms with Gasteiger partial charge >= 0.3 is 0 Å². The van der Waals surface area contributed by atoms with E-state index in [1.54, 1.807) is 0 Å². The highest BCUT2D eigenvalue weighted by Gasteiger charge is 2.25. The average molecular weight is 253 g/mol. The molecule has 3 rings (SSSR count). The molecule has 2 aromatic carbocycles. The normalized spacial score (nSPS) is 17.0. The van der Waals surface area contributed by atoms with Gasteiger partial charge in [-0.1, -0.05) is 55.5 Å². The highest BCUT2D eigenvalue weighted by molar-refractivity contribution is 5.73. The Morgan fingerprint density at radius 3 is 2.74 bits per heavy atom. The van der Waals surface area contributed by atoms with Gasteiger partial charge in [-0.2, -0.15) is 0 Å². The van der Waals surface area contributed by atoms with E-state index in [0.717, 1.165) is 25.3 Å². The molecule has 98 valence electrons. The van der Waals surface area contributed by atoms with E-state index >= 15 is 0 Å². The maximum Gasteiger partial charge on any atom is 0.132 e. The Bertz CT molecular complexity index is 550. The van der Waals surface area contributed by atoms with Crippen molar-refractivity contribution in [2.45, 2.75) is 19.4 Å². The predicted molar refractivity (Wildman–Crippen MR) is 78.4 cm³/mol. The fraction of sp³-hybridized carbons (Fsp3) is 0.294. The first-order valence-electron chi connectivity index (χ1n) is 6.94. The monoisotopic (exact) mass is 253 g/mol. The Morgan fingerprint density at radius 2 is 1.95 bits per heavy atom. The summed E-state index contributed by atoms with van der Waals surface area (Å²) in [6, 6.07) is 17.2. The van der Waals surface area contributed by atoms with Gasteiger partial charge in [0.1, 0.15) is 12.4 Å². The Labute approximate surface area is 114 Å². The predicted octanol–water partition coefficient (Wildman–Crippen LogP) is 3.79. The third-order valence-corrected chi connectivity index (χ3v) is 3.54. The number of nitrogens with one attached hydrogen (secondary N) is 1. The highest BCUT2D eigenvalue weighted by atomic mass is 16.5. The zero-order valence-corrected chi connectivity index (χ0v) is 11.2. The topological polar surface area (TPSA) is 21.3 Å². The van der Waals surface area contributed by atoms with Gasteiger partial charge in [-0.3, -0.25) is 0 Å². The first-order chi connectivity index (χ1) is 9.40. The molecule has 1 N–H and O–H groups in total. The van der Waals surface area contributed by atoms with Crippen molar-refractivity contribution in [2.24, 2.45) is 0 Å². The van der Waals surface area contributed by atoms with Crippen molar-refractivity contribution >= 4 is 0 Å². The zero-order valence-electron chi connectivity index (χ0n) is 11.2. The molecule has 0 fully saturated rings. The fourth-order valence-corrected chi connectivity index (χ4v) is 2.58. The van der Waals surface area contributed by atoms with E-state index in [-0.39, 0.29) is 0 Å². The maximum atomic E-state index is 5.93. The number of ether oxygens (including phenoxy) is 1. The molecule has 2 nitrogen and oxygen atoms in total. The van der Waals surface area contributed by atoms with Gasteiger partial charge in [-0.15, -0.1) is 0 Å². The highest BCUT2D eigenvalue weighted by Crippen LogP contribution is 2.40. The molecule has 0 bridgehead atoms. The summed E-state index contributed by atoms with van der Waals surface area (Å²) < 4.78 is 5.93. The van der Waals surface area contributed by atoms with Gasteiger partial charge in [0, 0.05) is 11.1 Å². The van der Waals surface area contributed by atoms with Crippen molar-refractivity contribution in [3.63, 3.8) is 0 Å². The fourth-order valence-electron chi connectivity index (χ4n) is 2.58. The summed E-state index contributed by atoms with van der Waals surface area (Å²) in [5, 5.41) is 3.54. The number of para-hydroxylation sites is 1. The number of hydrogen-bond acceptors (Lipinski definition) is 2. The summed E-state index contributed by atoms with van der Waals surface area (Å²) in [6.45, 7) is 3.95. The molecule has 0 saturated heterocycles. The Balaban J connectivity index is 1.95. The molecule has 19 heavy (non-hydrogen) atoms. The Hall–Kier alpha value is -1.80. The quantitative estimate of drug-likeness (QED) is 0.895. The molecule has 0 saturated carbocycles. The lowest BCUT2D eigenvalue weighted by Crippen LogP contribution is -2.22. The van der Waals surface area contributed by atoms with Gasteiger partial charge in [0.2, 0.25) is 0 Å². The minimum atomic E-state index is 0.332. The van der Waals surface area contributed by atoms with Gasteiger partial charge in [-0.05, 0) is 18.5 Å². The lowest BCUT2D eigenvalue weighted by Gasteiger charge is -2.11. The van der Waals surface area contributed by atoms with E-state index in [2.05, 4.69) is 54.7 Å². The van der Waals surface area contributed by atoms with Crippen LogP contribution >= 0.6 is 0 Å². The molecular formula is C17H19NO. The minimum absolute atomic E-state index is 0.332. The second-order valence-corrected chi connectivity index (χ2v) is 4.91. The van der Waals surface area contributed by atoms with Crippen LogP contribution in [0.2, 0.25) is 0 Å². The largest absolute Gasteiger partial charge is 0.491 e. The molecule has 0 aliphatic carbocycles. The Morgan fingerprint density at radius 1 is 1.11 bits per heavy atom. The van der Waals surface area contributed by atoms with Crippen molar-refractivity contribution in [1.29, 1.82) is 0 Å². The lowest BCUT2D eigenvalue weighted by atomic mass is 9.99. The first kappa shape index (κ1) is 12.2. The third-order valence-electron chi connectivity index (χ3n) is 3.54. The van der Waals surface area contributed by atoms with Crippen LogP contribution in [0.3, 0.4) is 0 Å². The molecule has 0 aromatic heterocycles. The van der Waals surface area contributed by atoms with Crippen molar-refractivity contribution in [1.82, 2.24) is 5.32 Å². The van der Waals surface area contributed by atoms with Crippen LogP contribution in [0.15, 0.2) is 48.5 Å². The van der Waals surface area contributed by atoms with Crippen LogP contribution in [0.4, 0.5) is 0 Å². The first-order valence-corrected chi connectivity index (χ1v) is 6.94. The van der Waals surface area contributed by atoms with E-state index in [0.29, 0.717) is 6.04 Å². The molecular weight excluding hydrogens is 234 g/mol. The summed E-state index contributed by atoms with van der Waals surface area (Å²) in [4.78, 5) is 0. The summed E-state index contributed by atoms with van der Waals surface area (Å²) in [7, 11) is 0. The van der Waals surface area contributed by atoms with Gasteiger partial charge < -0.3 is 10.1 Å². The van der Waals surface area contributed by atoms with Crippen LogP contribution < -0.4 is 10.1 Å². The zero-order chi connectivity index (χ0) is 13.1. The van der Waals surface area contributed by atoms with E-state index in [1.165, 1.54) is 16.7 Å². The van der Waals surface area contributed by atoms with E-state index < -0.39 is 0 Å². The molecule has 2 heteroatoms. The van der Waals surface area contributed by atoms with Crippen LogP contribution in [0.25, 0.3) is 11.1 Å². The summed E-state index contributed by atoms with van der Waals surface area (Å²) in [5.74, 6) is 1.04. The van der Waals surface area contributed by atoms with Crippen LogP contribution in [0.1, 0.15) is 24.9 Å². The van der Waals surface area contributed by atoms with Crippen molar-refractivity contribution in [2.75, 3.05) is 13.2 Å². The second-order valence-electron chi connectivity index (χ2n) is 4.91. The van der Waals surface area contributed by atoms with Crippen molar-refractivity contribution in [3.05, 3.63) is 54.1 Å². The molecule has 0 spiro atoms. The van der Waals surface area contributed by atoms with Crippen LogP contribution in [0.5, 0.6) is 5.75 Å². The number of fused-ring (bicyclic) bond motifs is 1. The molecule has 1 atom stereocenters. The molecule has 1 heterocycles.